The summed E-state index contributed by atoms with van der Waals surface area (Å²) in [6, 6.07) is 3.93. The van der Waals surface area contributed by atoms with Crippen molar-refractivity contribution in [2.75, 3.05) is 7.05 Å². The van der Waals surface area contributed by atoms with Gasteiger partial charge < -0.3 is 5.32 Å². The Morgan fingerprint density at radius 3 is 2.39 bits per heavy atom. The predicted molar refractivity (Wildman–Crippen MR) is 76.4 cm³/mol. The highest BCUT2D eigenvalue weighted by atomic mass is 32.2. The van der Waals surface area contributed by atoms with Crippen LogP contribution in [-0.2, 0) is 16.6 Å². The molecule has 18 heavy (non-hydrogen) atoms. The molecule has 0 aromatic carbocycles. The van der Waals surface area contributed by atoms with E-state index in [9.17, 15) is 8.42 Å². The zero-order valence-corrected chi connectivity index (χ0v) is 13.2. The van der Waals surface area contributed by atoms with E-state index in [1.54, 1.807) is 13.1 Å². The van der Waals surface area contributed by atoms with Crippen LogP contribution in [0.2, 0.25) is 0 Å². The molecular weight excluding hydrogens is 268 g/mol. The summed E-state index contributed by atoms with van der Waals surface area (Å²) in [4.78, 5) is 1.04. The molecule has 6 heteroatoms. The molecule has 104 valence electrons. The molecule has 1 aromatic heterocycles. The van der Waals surface area contributed by atoms with Crippen LogP contribution < -0.4 is 5.32 Å². The van der Waals surface area contributed by atoms with Gasteiger partial charge in [-0.05, 0) is 26.0 Å². The van der Waals surface area contributed by atoms with E-state index < -0.39 is 10.0 Å². The maximum Gasteiger partial charge on any atom is 0.252 e. The van der Waals surface area contributed by atoms with Gasteiger partial charge in [0.1, 0.15) is 4.21 Å². The van der Waals surface area contributed by atoms with Crippen LogP contribution >= 0.6 is 11.3 Å². The summed E-state index contributed by atoms with van der Waals surface area (Å²) in [5.74, 6) is 0. The van der Waals surface area contributed by atoms with Crippen molar-refractivity contribution in [2.45, 2.75) is 50.5 Å². The van der Waals surface area contributed by atoms with Crippen LogP contribution in [0.15, 0.2) is 16.3 Å². The lowest BCUT2D eigenvalue weighted by Crippen LogP contribution is -2.32. The summed E-state index contributed by atoms with van der Waals surface area (Å²) in [6.07, 6.45) is 0. The van der Waals surface area contributed by atoms with Crippen molar-refractivity contribution >= 4 is 21.4 Å². The van der Waals surface area contributed by atoms with Gasteiger partial charge in [-0.15, -0.1) is 11.3 Å². The summed E-state index contributed by atoms with van der Waals surface area (Å²) >= 11 is 1.34. The summed E-state index contributed by atoms with van der Waals surface area (Å²) in [5, 5.41) is 3.28. The van der Waals surface area contributed by atoms with Crippen LogP contribution in [0.5, 0.6) is 0 Å². The third-order valence-electron chi connectivity index (χ3n) is 2.68. The Kier molecular flexibility index (Phi) is 5.33. The largest absolute Gasteiger partial charge is 0.310 e. The molecule has 0 unspecified atom stereocenters. The molecule has 0 aliphatic heterocycles. The van der Waals surface area contributed by atoms with E-state index in [2.05, 4.69) is 19.2 Å². The number of thiophene rings is 1. The minimum absolute atomic E-state index is 0.0330. The van der Waals surface area contributed by atoms with Gasteiger partial charge in [0.2, 0.25) is 0 Å². The Labute approximate surface area is 114 Å². The Bertz CT molecular complexity index is 478. The van der Waals surface area contributed by atoms with E-state index in [4.69, 9.17) is 0 Å². The normalized spacial score (nSPS) is 12.9. The van der Waals surface area contributed by atoms with Gasteiger partial charge in [-0.3, -0.25) is 0 Å². The molecule has 4 nitrogen and oxygen atoms in total. The molecule has 0 atom stereocenters. The zero-order chi connectivity index (χ0) is 13.9. The average molecular weight is 290 g/mol. The van der Waals surface area contributed by atoms with Crippen LogP contribution in [0.4, 0.5) is 0 Å². The average Bonchev–Trinajstić information content (AvgIpc) is 2.74. The van der Waals surface area contributed by atoms with Gasteiger partial charge in [-0.2, -0.15) is 4.31 Å². The molecule has 1 rings (SSSR count). The molecule has 0 radical (unpaired) electrons. The number of hydrogen-bond donors (Lipinski definition) is 1. The molecule has 0 bridgehead atoms. The number of nitrogens with zero attached hydrogens (tertiary/aromatic N) is 1. The van der Waals surface area contributed by atoms with Gasteiger partial charge in [-0.1, -0.05) is 13.8 Å². The first-order chi connectivity index (χ1) is 8.25. The molecule has 0 amide bonds. The van der Waals surface area contributed by atoms with Crippen molar-refractivity contribution in [3.8, 4) is 0 Å². The van der Waals surface area contributed by atoms with Crippen molar-refractivity contribution in [3.63, 3.8) is 0 Å². The van der Waals surface area contributed by atoms with Gasteiger partial charge in [0, 0.05) is 30.6 Å². The lowest BCUT2D eigenvalue weighted by Gasteiger charge is -2.19. The molecule has 0 fully saturated rings. The SMILES string of the molecule is CC(C)NCc1ccc(S(=O)(=O)N(C)C(C)C)s1. The van der Waals surface area contributed by atoms with Crippen molar-refractivity contribution in [3.05, 3.63) is 17.0 Å². The third kappa shape index (κ3) is 3.78. The van der Waals surface area contributed by atoms with Crippen LogP contribution in [0, 0.1) is 0 Å². The highest BCUT2D eigenvalue weighted by Crippen LogP contribution is 2.25. The Hall–Kier alpha value is -0.430. The lowest BCUT2D eigenvalue weighted by molar-refractivity contribution is 0.412. The fourth-order valence-corrected chi connectivity index (χ4v) is 4.18. The second-order valence-electron chi connectivity index (χ2n) is 4.87. The van der Waals surface area contributed by atoms with Gasteiger partial charge in [0.15, 0.2) is 0 Å². The first-order valence-corrected chi connectivity index (χ1v) is 8.31. The molecule has 0 spiro atoms. The molecular formula is C12H22N2O2S2. The minimum Gasteiger partial charge on any atom is -0.310 e. The first kappa shape index (κ1) is 15.6. The van der Waals surface area contributed by atoms with Gasteiger partial charge in [0.05, 0.1) is 0 Å². The van der Waals surface area contributed by atoms with Gasteiger partial charge in [0.25, 0.3) is 10.0 Å². The highest BCUT2D eigenvalue weighted by molar-refractivity contribution is 7.91. The number of sulfonamides is 1. The third-order valence-corrected chi connectivity index (χ3v) is 6.27. The van der Waals surface area contributed by atoms with E-state index in [0.29, 0.717) is 16.8 Å². The molecule has 0 aliphatic carbocycles. The van der Waals surface area contributed by atoms with Crippen LogP contribution in [-0.4, -0.2) is 31.9 Å². The smallest absolute Gasteiger partial charge is 0.252 e. The molecule has 1 N–H and O–H groups in total. The fourth-order valence-electron chi connectivity index (χ4n) is 1.32. The van der Waals surface area contributed by atoms with E-state index in [-0.39, 0.29) is 6.04 Å². The molecule has 0 saturated carbocycles. The Morgan fingerprint density at radius 2 is 1.89 bits per heavy atom. The van der Waals surface area contributed by atoms with E-state index in [1.807, 2.05) is 19.9 Å². The number of hydrogen-bond acceptors (Lipinski definition) is 4. The van der Waals surface area contributed by atoms with E-state index >= 15 is 0 Å². The fraction of sp³-hybridized carbons (Fsp3) is 0.667. The molecule has 1 heterocycles. The number of nitrogens with one attached hydrogen (secondary N) is 1. The van der Waals surface area contributed by atoms with Crippen molar-refractivity contribution in [2.24, 2.45) is 0 Å². The Morgan fingerprint density at radius 1 is 1.28 bits per heavy atom. The van der Waals surface area contributed by atoms with Crippen molar-refractivity contribution in [1.29, 1.82) is 0 Å². The minimum atomic E-state index is -3.33. The standard InChI is InChI=1S/C12H22N2O2S2/c1-9(2)13-8-11-6-7-12(17-11)18(15,16)14(5)10(3)4/h6-7,9-10,13H,8H2,1-5H3. The zero-order valence-electron chi connectivity index (χ0n) is 11.6. The molecule has 1 aromatic rings. The monoisotopic (exact) mass is 290 g/mol. The molecule has 0 saturated heterocycles. The quantitative estimate of drug-likeness (QED) is 0.874. The second-order valence-corrected chi connectivity index (χ2v) is 8.26. The summed E-state index contributed by atoms with van der Waals surface area (Å²) < 4.78 is 26.3. The molecule has 0 aliphatic rings. The Balaban J connectivity index is 2.85. The van der Waals surface area contributed by atoms with Crippen molar-refractivity contribution < 1.29 is 8.42 Å². The van der Waals surface area contributed by atoms with E-state index in [0.717, 1.165) is 4.88 Å². The second kappa shape index (κ2) is 6.14. The highest BCUT2D eigenvalue weighted by Gasteiger charge is 2.24. The van der Waals surface area contributed by atoms with Crippen LogP contribution in [0.25, 0.3) is 0 Å². The topological polar surface area (TPSA) is 49.4 Å². The van der Waals surface area contributed by atoms with Crippen molar-refractivity contribution in [1.82, 2.24) is 9.62 Å². The van der Waals surface area contributed by atoms with Gasteiger partial charge >= 0.3 is 0 Å². The van der Waals surface area contributed by atoms with Crippen LogP contribution in [0.3, 0.4) is 0 Å². The maximum absolute atomic E-state index is 12.2. The van der Waals surface area contributed by atoms with Gasteiger partial charge in [-0.25, -0.2) is 8.42 Å². The van der Waals surface area contributed by atoms with Crippen LogP contribution in [0.1, 0.15) is 32.6 Å². The predicted octanol–water partition coefficient (Wildman–Crippen LogP) is 2.28. The summed E-state index contributed by atoms with van der Waals surface area (Å²) in [5.41, 5.74) is 0. The lowest BCUT2D eigenvalue weighted by atomic mass is 10.4. The first-order valence-electron chi connectivity index (χ1n) is 6.05. The summed E-state index contributed by atoms with van der Waals surface area (Å²) in [6.45, 7) is 8.58. The van der Waals surface area contributed by atoms with E-state index in [1.165, 1.54) is 15.6 Å². The summed E-state index contributed by atoms with van der Waals surface area (Å²) in [7, 11) is -1.72. The number of rotatable bonds is 6. The maximum atomic E-state index is 12.2.